The van der Waals surface area contributed by atoms with Crippen LogP contribution in [0.2, 0.25) is 5.02 Å². The summed E-state index contributed by atoms with van der Waals surface area (Å²) in [5.74, 6) is 2.00. The number of anilines is 1. The second-order valence-electron chi connectivity index (χ2n) is 8.57. The smallest absolute Gasteiger partial charge is 0.227 e. The van der Waals surface area contributed by atoms with E-state index in [0.29, 0.717) is 23.7 Å². The number of carbonyl (C=O) groups excluding carboxylic acids is 1. The number of aliphatic hydroxyl groups excluding tert-OH is 1. The molecule has 0 aliphatic carbocycles. The third-order valence-corrected chi connectivity index (χ3v) is 6.53. The highest BCUT2D eigenvalue weighted by molar-refractivity contribution is 6.32. The number of methoxy groups -OCH3 is 1. The normalized spacial score (nSPS) is 16.6. The molecular weight excluding hydrogens is 466 g/mol. The molecule has 1 N–H and O–H groups in total. The summed E-state index contributed by atoms with van der Waals surface area (Å²) < 4.78 is 13.0. The molecule has 1 saturated heterocycles. The van der Waals surface area contributed by atoms with Crippen molar-refractivity contribution in [3.8, 4) is 11.5 Å². The lowest BCUT2D eigenvalue weighted by molar-refractivity contribution is -0.117. The van der Waals surface area contributed by atoms with E-state index in [9.17, 15) is 9.90 Å². The Hall–Kier alpha value is -3.55. The van der Waals surface area contributed by atoms with E-state index in [1.807, 2.05) is 65.2 Å². The van der Waals surface area contributed by atoms with E-state index in [-0.39, 0.29) is 25.0 Å². The first kappa shape index (κ1) is 23.2. The van der Waals surface area contributed by atoms with E-state index in [2.05, 4.69) is 0 Å². The molecule has 1 amide bonds. The van der Waals surface area contributed by atoms with Gasteiger partial charge >= 0.3 is 0 Å². The first-order valence-electron chi connectivity index (χ1n) is 11.5. The quantitative estimate of drug-likeness (QED) is 0.388. The van der Waals surface area contributed by atoms with Crippen LogP contribution < -0.4 is 14.4 Å². The maximum absolute atomic E-state index is 12.9. The molecule has 0 radical (unpaired) electrons. The third kappa shape index (κ3) is 4.83. The van der Waals surface area contributed by atoms with Crippen molar-refractivity contribution in [2.75, 3.05) is 25.2 Å². The molecular formula is C27H26ClN3O4. The number of benzene rings is 3. The van der Waals surface area contributed by atoms with Gasteiger partial charge in [-0.3, -0.25) is 4.79 Å². The highest BCUT2D eigenvalue weighted by atomic mass is 35.5. The molecule has 0 bridgehead atoms. The summed E-state index contributed by atoms with van der Waals surface area (Å²) in [6.45, 7) is 0.880. The number of aliphatic hydroxyl groups is 1. The zero-order chi connectivity index (χ0) is 24.4. The number of ether oxygens (including phenoxy) is 2. The minimum absolute atomic E-state index is 0.0429. The summed E-state index contributed by atoms with van der Waals surface area (Å²) in [5, 5.41) is 11.3. The van der Waals surface area contributed by atoms with E-state index in [0.717, 1.165) is 28.3 Å². The van der Waals surface area contributed by atoms with Crippen molar-refractivity contribution in [2.45, 2.75) is 25.0 Å². The van der Waals surface area contributed by atoms with Gasteiger partial charge in [-0.05, 0) is 48.5 Å². The minimum atomic E-state index is -0.794. The fraction of sp³-hybridized carbons (Fsp3) is 0.259. The summed E-state index contributed by atoms with van der Waals surface area (Å²) in [7, 11) is 1.62. The average Bonchev–Trinajstić information content (AvgIpc) is 3.44. The minimum Gasteiger partial charge on any atom is -0.497 e. The van der Waals surface area contributed by atoms with Crippen LogP contribution in [0, 0.1) is 0 Å². The van der Waals surface area contributed by atoms with Crippen LogP contribution >= 0.6 is 11.6 Å². The Labute approximate surface area is 208 Å². The van der Waals surface area contributed by atoms with E-state index >= 15 is 0 Å². The summed E-state index contributed by atoms with van der Waals surface area (Å²) in [6.07, 6.45) is -0.445. The molecule has 0 saturated carbocycles. The Kier molecular flexibility index (Phi) is 6.61. The highest BCUT2D eigenvalue weighted by Crippen LogP contribution is 2.34. The summed E-state index contributed by atoms with van der Waals surface area (Å²) in [5.41, 5.74) is 2.57. The number of imidazole rings is 1. The first-order valence-corrected chi connectivity index (χ1v) is 11.9. The fourth-order valence-electron chi connectivity index (χ4n) is 4.50. The number of aromatic nitrogens is 2. The van der Waals surface area contributed by atoms with Gasteiger partial charge < -0.3 is 24.0 Å². The van der Waals surface area contributed by atoms with E-state index in [4.69, 9.17) is 26.1 Å². The number of halogens is 1. The number of nitrogens with zero attached hydrogens (tertiary/aromatic N) is 3. The van der Waals surface area contributed by atoms with E-state index < -0.39 is 6.10 Å². The Balaban J connectivity index is 1.37. The lowest BCUT2D eigenvalue weighted by atomic mass is 10.1. The molecule has 1 fully saturated rings. The van der Waals surface area contributed by atoms with E-state index in [1.165, 1.54) is 0 Å². The molecule has 3 aromatic carbocycles. The van der Waals surface area contributed by atoms with Gasteiger partial charge in [0.05, 0.1) is 29.7 Å². The second kappa shape index (κ2) is 9.98. The van der Waals surface area contributed by atoms with E-state index in [1.54, 1.807) is 24.1 Å². The van der Waals surface area contributed by atoms with Gasteiger partial charge in [-0.25, -0.2) is 4.98 Å². The number of amides is 1. The topological polar surface area (TPSA) is 76.8 Å². The third-order valence-electron chi connectivity index (χ3n) is 6.22. The van der Waals surface area contributed by atoms with Gasteiger partial charge in [-0.1, -0.05) is 35.9 Å². The molecule has 8 heteroatoms. The van der Waals surface area contributed by atoms with Crippen molar-refractivity contribution in [3.63, 3.8) is 0 Å². The van der Waals surface area contributed by atoms with Crippen LogP contribution in [0.1, 0.15) is 18.2 Å². The predicted octanol–water partition coefficient (Wildman–Crippen LogP) is 4.66. The SMILES string of the molecule is COc1ccc(N2C[C@H](c3nc4ccccc4n3C[C@H](O)COc3ccccc3Cl)CC2=O)cc1. The van der Waals surface area contributed by atoms with Crippen LogP contribution in [0.15, 0.2) is 72.8 Å². The Morgan fingerprint density at radius 3 is 2.60 bits per heavy atom. The standard InChI is InChI=1S/C27H26ClN3O4/c1-34-21-12-10-19(11-13-21)30-15-18(14-26(30)33)27-29-23-7-3-4-8-24(23)31(27)16-20(32)17-35-25-9-5-2-6-22(25)28/h2-13,18,20,32H,14-17H2,1H3/t18-,20+/m1/s1. The van der Waals surface area contributed by atoms with Crippen molar-refractivity contribution in [3.05, 3.63) is 83.6 Å². The molecule has 1 aromatic heterocycles. The first-order chi connectivity index (χ1) is 17.0. The van der Waals surface area contributed by atoms with Gasteiger partial charge in [0.2, 0.25) is 5.91 Å². The number of hydrogen-bond donors (Lipinski definition) is 1. The molecule has 0 spiro atoms. The molecule has 5 rings (SSSR count). The van der Waals surface area contributed by atoms with Crippen LogP contribution in [0.25, 0.3) is 11.0 Å². The van der Waals surface area contributed by atoms with Crippen molar-refractivity contribution in [1.82, 2.24) is 9.55 Å². The predicted molar refractivity (Wildman–Crippen MR) is 135 cm³/mol. The molecule has 1 aliphatic heterocycles. The number of rotatable bonds is 8. The van der Waals surface area contributed by atoms with Gasteiger partial charge in [0.25, 0.3) is 0 Å². The summed E-state index contributed by atoms with van der Waals surface area (Å²) in [6, 6.07) is 22.4. The summed E-state index contributed by atoms with van der Waals surface area (Å²) >= 11 is 6.17. The van der Waals surface area contributed by atoms with Gasteiger partial charge in [0, 0.05) is 24.6 Å². The van der Waals surface area contributed by atoms with Crippen LogP contribution in [0.5, 0.6) is 11.5 Å². The Bertz CT molecular complexity index is 1340. The monoisotopic (exact) mass is 491 g/mol. The number of para-hydroxylation sites is 3. The second-order valence-corrected chi connectivity index (χ2v) is 8.98. The van der Waals surface area contributed by atoms with Gasteiger partial charge in [-0.15, -0.1) is 0 Å². The number of hydrogen-bond acceptors (Lipinski definition) is 5. The largest absolute Gasteiger partial charge is 0.497 e. The molecule has 4 aromatic rings. The van der Waals surface area contributed by atoms with Crippen LogP contribution in [0.4, 0.5) is 5.69 Å². The van der Waals surface area contributed by atoms with Gasteiger partial charge in [0.15, 0.2) is 0 Å². The zero-order valence-electron chi connectivity index (χ0n) is 19.3. The van der Waals surface area contributed by atoms with Crippen LogP contribution in [-0.2, 0) is 11.3 Å². The van der Waals surface area contributed by atoms with Crippen molar-refractivity contribution >= 4 is 34.2 Å². The highest BCUT2D eigenvalue weighted by Gasteiger charge is 2.35. The molecule has 180 valence electrons. The molecule has 0 unspecified atom stereocenters. The lowest BCUT2D eigenvalue weighted by Crippen LogP contribution is -2.26. The zero-order valence-corrected chi connectivity index (χ0v) is 20.1. The van der Waals surface area contributed by atoms with Crippen LogP contribution in [0.3, 0.4) is 0 Å². The van der Waals surface area contributed by atoms with Crippen molar-refractivity contribution in [2.24, 2.45) is 0 Å². The van der Waals surface area contributed by atoms with Gasteiger partial charge in [0.1, 0.15) is 30.0 Å². The Morgan fingerprint density at radius 2 is 1.83 bits per heavy atom. The van der Waals surface area contributed by atoms with Gasteiger partial charge in [-0.2, -0.15) is 0 Å². The summed E-state index contributed by atoms with van der Waals surface area (Å²) in [4.78, 5) is 19.6. The maximum Gasteiger partial charge on any atom is 0.227 e. The lowest BCUT2D eigenvalue weighted by Gasteiger charge is -2.19. The number of carbonyl (C=O) groups is 1. The average molecular weight is 492 g/mol. The molecule has 2 atom stereocenters. The maximum atomic E-state index is 12.9. The molecule has 1 aliphatic rings. The van der Waals surface area contributed by atoms with Crippen molar-refractivity contribution < 1.29 is 19.4 Å². The molecule has 2 heterocycles. The van der Waals surface area contributed by atoms with Crippen LogP contribution in [-0.4, -0.2) is 46.9 Å². The Morgan fingerprint density at radius 1 is 1.09 bits per heavy atom. The van der Waals surface area contributed by atoms with Crippen molar-refractivity contribution in [1.29, 1.82) is 0 Å². The molecule has 7 nitrogen and oxygen atoms in total. The fourth-order valence-corrected chi connectivity index (χ4v) is 4.69. The molecule has 35 heavy (non-hydrogen) atoms. The number of fused-ring (bicyclic) bond motifs is 1.